The summed E-state index contributed by atoms with van der Waals surface area (Å²) in [5.74, 6) is -0.285. The number of pyridine rings is 2. The fourth-order valence-corrected chi connectivity index (χ4v) is 3.70. The van der Waals surface area contributed by atoms with Crippen LogP contribution in [0.1, 0.15) is 28.1 Å². The topological polar surface area (TPSA) is 25.8 Å². The van der Waals surface area contributed by atoms with Crippen molar-refractivity contribution in [1.29, 1.82) is 0 Å². The van der Waals surface area contributed by atoms with Gasteiger partial charge in [0.1, 0.15) is 5.82 Å². The third-order valence-electron chi connectivity index (χ3n) is 5.56. The SMILES string of the molecule is Fc1ccc(C=Cc2ccc3ccc4ccc(C=Cc5ccc(C(F)(F)F)cc5)nc4c3n2)cc1. The molecule has 0 amide bonds. The molecule has 0 bridgehead atoms. The third kappa shape index (κ3) is 5.11. The van der Waals surface area contributed by atoms with Crippen LogP contribution in [0.5, 0.6) is 0 Å². The first kappa shape index (κ1) is 22.5. The Kier molecular flexibility index (Phi) is 5.87. The van der Waals surface area contributed by atoms with Crippen LogP contribution in [0, 0.1) is 5.82 Å². The molecule has 3 aromatic carbocycles. The molecular weight excluding hydrogens is 452 g/mol. The molecule has 0 aliphatic rings. The van der Waals surface area contributed by atoms with Gasteiger partial charge >= 0.3 is 6.18 Å². The highest BCUT2D eigenvalue weighted by Gasteiger charge is 2.29. The standard InChI is InChI=1S/C29H18F4N2/c30-24-13-3-20(4-14-24)6-16-26-18-10-22-8-7-21-9-17-25(34-27(21)28(22)35-26)15-5-19-1-11-23(12-2-19)29(31,32)33/h1-18H. The summed E-state index contributed by atoms with van der Waals surface area (Å²) in [4.78, 5) is 9.52. The van der Waals surface area contributed by atoms with Crippen LogP contribution in [0.4, 0.5) is 17.6 Å². The summed E-state index contributed by atoms with van der Waals surface area (Å²) < 4.78 is 51.4. The molecule has 6 heteroatoms. The van der Waals surface area contributed by atoms with Gasteiger partial charge in [0.15, 0.2) is 0 Å². The summed E-state index contributed by atoms with van der Waals surface area (Å²) in [6.07, 6.45) is 2.86. The van der Waals surface area contributed by atoms with E-state index < -0.39 is 11.7 Å². The van der Waals surface area contributed by atoms with Crippen LogP contribution in [-0.2, 0) is 6.18 Å². The first-order chi connectivity index (χ1) is 16.8. The summed E-state index contributed by atoms with van der Waals surface area (Å²) in [7, 11) is 0. The monoisotopic (exact) mass is 470 g/mol. The summed E-state index contributed by atoms with van der Waals surface area (Å²) in [6, 6.07) is 22.8. The first-order valence-corrected chi connectivity index (χ1v) is 10.8. The van der Waals surface area contributed by atoms with Gasteiger partial charge in [0, 0.05) is 10.8 Å². The van der Waals surface area contributed by atoms with E-state index in [0.29, 0.717) is 11.3 Å². The van der Waals surface area contributed by atoms with Crippen molar-refractivity contribution in [3.8, 4) is 0 Å². The highest BCUT2D eigenvalue weighted by Crippen LogP contribution is 2.29. The molecule has 0 fully saturated rings. The molecule has 5 rings (SSSR count). The highest BCUT2D eigenvalue weighted by molar-refractivity contribution is 6.03. The smallest absolute Gasteiger partial charge is 0.246 e. The molecule has 0 N–H and O–H groups in total. The Hall–Kier alpha value is -4.32. The third-order valence-corrected chi connectivity index (χ3v) is 5.56. The lowest BCUT2D eigenvalue weighted by Gasteiger charge is -2.06. The zero-order valence-electron chi connectivity index (χ0n) is 18.3. The number of fused-ring (bicyclic) bond motifs is 3. The fraction of sp³-hybridized carbons (Fsp3) is 0.0345. The number of hydrogen-bond acceptors (Lipinski definition) is 2. The summed E-state index contributed by atoms with van der Waals surface area (Å²) in [6.45, 7) is 0. The largest absolute Gasteiger partial charge is 0.416 e. The van der Waals surface area contributed by atoms with E-state index in [1.165, 1.54) is 24.3 Å². The van der Waals surface area contributed by atoms with Crippen LogP contribution >= 0.6 is 0 Å². The molecule has 0 unspecified atom stereocenters. The molecule has 0 radical (unpaired) electrons. The van der Waals surface area contributed by atoms with Crippen molar-refractivity contribution < 1.29 is 17.6 Å². The summed E-state index contributed by atoms with van der Waals surface area (Å²) in [5.41, 5.74) is 3.70. The maximum absolute atomic E-state index is 13.1. The molecule has 2 aromatic heterocycles. The van der Waals surface area contributed by atoms with E-state index in [2.05, 4.69) is 0 Å². The van der Waals surface area contributed by atoms with E-state index in [1.54, 1.807) is 24.3 Å². The quantitative estimate of drug-likeness (QED) is 0.195. The number of halogens is 4. The van der Waals surface area contributed by atoms with Gasteiger partial charge in [0.05, 0.1) is 28.0 Å². The molecule has 5 aromatic rings. The second kappa shape index (κ2) is 9.14. The van der Waals surface area contributed by atoms with Gasteiger partial charge in [-0.25, -0.2) is 14.4 Å². The minimum atomic E-state index is -4.36. The highest BCUT2D eigenvalue weighted by atomic mass is 19.4. The van der Waals surface area contributed by atoms with E-state index in [1.807, 2.05) is 48.6 Å². The van der Waals surface area contributed by atoms with E-state index in [0.717, 1.165) is 45.2 Å². The maximum atomic E-state index is 13.1. The number of aromatic nitrogens is 2. The molecule has 35 heavy (non-hydrogen) atoms. The second-order valence-electron chi connectivity index (χ2n) is 8.02. The van der Waals surface area contributed by atoms with Crippen molar-refractivity contribution in [2.75, 3.05) is 0 Å². The van der Waals surface area contributed by atoms with Crippen molar-refractivity contribution in [3.63, 3.8) is 0 Å². The van der Waals surface area contributed by atoms with Crippen molar-refractivity contribution in [1.82, 2.24) is 9.97 Å². The minimum Gasteiger partial charge on any atom is -0.246 e. The number of rotatable bonds is 4. The predicted molar refractivity (Wildman–Crippen MR) is 133 cm³/mol. The Morgan fingerprint density at radius 3 is 1.40 bits per heavy atom. The molecule has 2 nitrogen and oxygen atoms in total. The lowest BCUT2D eigenvalue weighted by molar-refractivity contribution is -0.137. The van der Waals surface area contributed by atoms with Gasteiger partial charge in [-0.15, -0.1) is 0 Å². The maximum Gasteiger partial charge on any atom is 0.416 e. The lowest BCUT2D eigenvalue weighted by atomic mass is 10.1. The van der Waals surface area contributed by atoms with E-state index >= 15 is 0 Å². The fourth-order valence-electron chi connectivity index (χ4n) is 3.70. The van der Waals surface area contributed by atoms with Crippen LogP contribution in [0.2, 0.25) is 0 Å². The molecule has 0 atom stereocenters. The molecule has 0 aliphatic heterocycles. The van der Waals surface area contributed by atoms with Gasteiger partial charge in [0.2, 0.25) is 0 Å². The van der Waals surface area contributed by atoms with Crippen molar-refractivity contribution in [2.24, 2.45) is 0 Å². The van der Waals surface area contributed by atoms with Crippen LogP contribution in [0.3, 0.4) is 0 Å². The average molecular weight is 470 g/mol. The van der Waals surface area contributed by atoms with Crippen molar-refractivity contribution >= 4 is 46.1 Å². The molecule has 172 valence electrons. The molecule has 0 spiro atoms. The number of nitrogens with zero attached hydrogens (tertiary/aromatic N) is 2. The van der Waals surface area contributed by atoms with Gasteiger partial charge in [-0.3, -0.25) is 0 Å². The predicted octanol–water partition coefficient (Wildman–Crippen LogP) is 8.28. The Morgan fingerprint density at radius 2 is 0.943 bits per heavy atom. The Labute approximate surface area is 198 Å². The Bertz CT molecular complexity index is 1570. The zero-order valence-corrected chi connectivity index (χ0v) is 18.3. The molecule has 2 heterocycles. The van der Waals surface area contributed by atoms with E-state index in [9.17, 15) is 17.6 Å². The summed E-state index contributed by atoms with van der Waals surface area (Å²) >= 11 is 0. The van der Waals surface area contributed by atoms with E-state index in [-0.39, 0.29) is 5.82 Å². The number of alkyl halides is 3. The van der Waals surface area contributed by atoms with Crippen molar-refractivity contribution in [2.45, 2.75) is 6.18 Å². The van der Waals surface area contributed by atoms with Crippen molar-refractivity contribution in [3.05, 3.63) is 119 Å². The second-order valence-corrected chi connectivity index (χ2v) is 8.02. The average Bonchev–Trinajstić information content (AvgIpc) is 2.86. The Morgan fingerprint density at radius 1 is 0.514 bits per heavy atom. The van der Waals surface area contributed by atoms with Crippen LogP contribution in [-0.4, -0.2) is 9.97 Å². The zero-order chi connectivity index (χ0) is 24.4. The molecule has 0 saturated carbocycles. The normalized spacial score (nSPS) is 12.3. The van der Waals surface area contributed by atoms with Gasteiger partial charge in [0.25, 0.3) is 0 Å². The minimum absolute atomic E-state index is 0.285. The van der Waals surface area contributed by atoms with Crippen LogP contribution < -0.4 is 0 Å². The van der Waals surface area contributed by atoms with E-state index in [4.69, 9.17) is 9.97 Å². The molecular formula is C29H18F4N2. The van der Waals surface area contributed by atoms with Crippen LogP contribution in [0.25, 0.3) is 46.1 Å². The van der Waals surface area contributed by atoms with Crippen LogP contribution in [0.15, 0.2) is 84.9 Å². The molecule has 0 saturated heterocycles. The lowest BCUT2D eigenvalue weighted by Crippen LogP contribution is -2.03. The van der Waals surface area contributed by atoms with Gasteiger partial charge < -0.3 is 0 Å². The molecule has 0 aliphatic carbocycles. The number of hydrogen-bond donors (Lipinski definition) is 0. The summed E-state index contributed by atoms with van der Waals surface area (Å²) in [5, 5.41) is 1.86. The first-order valence-electron chi connectivity index (χ1n) is 10.8. The van der Waals surface area contributed by atoms with Gasteiger partial charge in [-0.2, -0.15) is 13.2 Å². The number of benzene rings is 3. The Balaban J connectivity index is 1.47. The van der Waals surface area contributed by atoms with Gasteiger partial charge in [-0.1, -0.05) is 60.7 Å². The van der Waals surface area contributed by atoms with Gasteiger partial charge in [-0.05, 0) is 59.7 Å².